The SMILES string of the molecule is CC(=O)c1c(-c2ccc(F)cc2F)oc2cc(N)c(Br)cc12. The summed E-state index contributed by atoms with van der Waals surface area (Å²) in [4.78, 5) is 12.0. The zero-order chi connectivity index (χ0) is 16.0. The third-order valence-corrected chi connectivity index (χ3v) is 4.02. The van der Waals surface area contributed by atoms with Gasteiger partial charge in [0, 0.05) is 27.7 Å². The highest BCUT2D eigenvalue weighted by Crippen LogP contribution is 2.38. The van der Waals surface area contributed by atoms with Gasteiger partial charge in [0.2, 0.25) is 0 Å². The first-order valence-corrected chi connectivity index (χ1v) is 7.15. The lowest BCUT2D eigenvalue weighted by molar-refractivity contribution is 0.101. The van der Waals surface area contributed by atoms with Gasteiger partial charge in [-0.25, -0.2) is 8.78 Å². The van der Waals surface area contributed by atoms with E-state index in [1.807, 2.05) is 0 Å². The maximum Gasteiger partial charge on any atom is 0.164 e. The molecule has 6 heteroatoms. The highest BCUT2D eigenvalue weighted by Gasteiger charge is 2.22. The van der Waals surface area contributed by atoms with Crippen molar-refractivity contribution in [3.8, 4) is 11.3 Å². The Hall–Kier alpha value is -2.21. The normalized spacial score (nSPS) is 11.1. The molecule has 0 atom stereocenters. The van der Waals surface area contributed by atoms with Crippen LogP contribution < -0.4 is 5.73 Å². The fraction of sp³-hybridized carbons (Fsp3) is 0.0625. The summed E-state index contributed by atoms with van der Waals surface area (Å²) >= 11 is 3.29. The predicted molar refractivity (Wildman–Crippen MR) is 83.7 cm³/mol. The molecule has 3 nitrogen and oxygen atoms in total. The van der Waals surface area contributed by atoms with Crippen LogP contribution in [0.4, 0.5) is 14.5 Å². The van der Waals surface area contributed by atoms with Gasteiger partial charge in [0.05, 0.1) is 11.1 Å². The molecule has 0 aliphatic heterocycles. The molecular formula is C16H10BrF2NO2. The molecule has 0 bridgehead atoms. The average molecular weight is 366 g/mol. The van der Waals surface area contributed by atoms with E-state index in [9.17, 15) is 13.6 Å². The van der Waals surface area contributed by atoms with Gasteiger partial charge in [-0.2, -0.15) is 0 Å². The molecule has 0 aliphatic carbocycles. The maximum absolute atomic E-state index is 14.0. The summed E-state index contributed by atoms with van der Waals surface area (Å²) in [6, 6.07) is 6.30. The lowest BCUT2D eigenvalue weighted by Crippen LogP contribution is -1.95. The molecule has 2 N–H and O–H groups in total. The zero-order valence-corrected chi connectivity index (χ0v) is 13.0. The van der Waals surface area contributed by atoms with Crippen molar-refractivity contribution in [2.24, 2.45) is 0 Å². The van der Waals surface area contributed by atoms with Crippen LogP contribution in [0.5, 0.6) is 0 Å². The lowest BCUT2D eigenvalue weighted by Gasteiger charge is -2.02. The van der Waals surface area contributed by atoms with E-state index in [0.717, 1.165) is 12.1 Å². The Morgan fingerprint density at radius 1 is 1.23 bits per heavy atom. The number of nitrogen functional groups attached to an aromatic ring is 1. The molecule has 0 amide bonds. The van der Waals surface area contributed by atoms with E-state index in [4.69, 9.17) is 10.2 Å². The van der Waals surface area contributed by atoms with Crippen molar-refractivity contribution >= 4 is 38.4 Å². The molecule has 3 aromatic rings. The highest BCUT2D eigenvalue weighted by atomic mass is 79.9. The number of anilines is 1. The van der Waals surface area contributed by atoms with Gasteiger partial charge in [0.15, 0.2) is 5.78 Å². The van der Waals surface area contributed by atoms with E-state index in [1.54, 1.807) is 12.1 Å². The van der Waals surface area contributed by atoms with Crippen LogP contribution in [0.3, 0.4) is 0 Å². The molecule has 0 aliphatic rings. The van der Waals surface area contributed by atoms with Gasteiger partial charge >= 0.3 is 0 Å². The second-order valence-electron chi connectivity index (χ2n) is 4.86. The quantitative estimate of drug-likeness (QED) is 0.517. The monoisotopic (exact) mass is 365 g/mol. The van der Waals surface area contributed by atoms with Gasteiger partial charge in [-0.3, -0.25) is 4.79 Å². The molecule has 1 aromatic heterocycles. The minimum Gasteiger partial charge on any atom is -0.455 e. The van der Waals surface area contributed by atoms with Gasteiger partial charge in [-0.05, 0) is 41.1 Å². The van der Waals surface area contributed by atoms with Crippen LogP contribution in [0.2, 0.25) is 0 Å². The Labute approximate surface area is 132 Å². The van der Waals surface area contributed by atoms with Crippen LogP contribution in [-0.4, -0.2) is 5.78 Å². The second kappa shape index (κ2) is 5.21. The molecular weight excluding hydrogens is 356 g/mol. The van der Waals surface area contributed by atoms with Crippen LogP contribution in [0.1, 0.15) is 17.3 Å². The number of nitrogens with two attached hydrogens (primary N) is 1. The van der Waals surface area contributed by atoms with Gasteiger partial charge in [0.25, 0.3) is 0 Å². The number of Topliss-reactive ketones (excluding diaryl/α,β-unsaturated/α-hetero) is 1. The van der Waals surface area contributed by atoms with E-state index >= 15 is 0 Å². The molecule has 1 heterocycles. The highest BCUT2D eigenvalue weighted by molar-refractivity contribution is 9.10. The number of furan rings is 1. The molecule has 3 rings (SSSR count). The first-order valence-electron chi connectivity index (χ1n) is 6.36. The number of fused-ring (bicyclic) bond motifs is 1. The summed E-state index contributed by atoms with van der Waals surface area (Å²) in [6.07, 6.45) is 0. The Kier molecular flexibility index (Phi) is 3.48. The molecule has 112 valence electrons. The second-order valence-corrected chi connectivity index (χ2v) is 5.71. The van der Waals surface area contributed by atoms with E-state index in [0.29, 0.717) is 21.1 Å². The summed E-state index contributed by atoms with van der Waals surface area (Å²) in [5.41, 5.74) is 6.86. The van der Waals surface area contributed by atoms with E-state index in [-0.39, 0.29) is 22.7 Å². The van der Waals surface area contributed by atoms with Crippen molar-refractivity contribution in [2.45, 2.75) is 6.92 Å². The molecule has 0 spiro atoms. The third-order valence-electron chi connectivity index (χ3n) is 3.34. The molecule has 0 fully saturated rings. The predicted octanol–water partition coefficient (Wildman–Crippen LogP) is 4.93. The van der Waals surface area contributed by atoms with Crippen LogP contribution in [0.25, 0.3) is 22.3 Å². The number of hydrogen-bond donors (Lipinski definition) is 1. The van der Waals surface area contributed by atoms with Crippen LogP contribution in [-0.2, 0) is 0 Å². The van der Waals surface area contributed by atoms with Crippen LogP contribution >= 0.6 is 15.9 Å². The topological polar surface area (TPSA) is 56.2 Å². The lowest BCUT2D eigenvalue weighted by atomic mass is 10.0. The Morgan fingerprint density at radius 3 is 2.59 bits per heavy atom. The Balaban J connectivity index is 2.38. The summed E-state index contributed by atoms with van der Waals surface area (Å²) in [5.74, 6) is -1.71. The summed E-state index contributed by atoms with van der Waals surface area (Å²) in [6.45, 7) is 1.36. The van der Waals surface area contributed by atoms with E-state index in [2.05, 4.69) is 15.9 Å². The largest absolute Gasteiger partial charge is 0.455 e. The molecule has 22 heavy (non-hydrogen) atoms. The minimum atomic E-state index is -0.798. The third kappa shape index (κ3) is 2.29. The molecule has 0 saturated carbocycles. The van der Waals surface area contributed by atoms with Gasteiger partial charge in [-0.15, -0.1) is 0 Å². The number of ketones is 1. The van der Waals surface area contributed by atoms with Gasteiger partial charge in [0.1, 0.15) is 23.0 Å². The first-order chi connectivity index (χ1) is 10.4. The number of hydrogen-bond acceptors (Lipinski definition) is 3. The smallest absolute Gasteiger partial charge is 0.164 e. The number of carbonyl (C=O) groups excluding carboxylic acids is 1. The summed E-state index contributed by atoms with van der Waals surface area (Å²) < 4.78 is 33.3. The average Bonchev–Trinajstić information content (AvgIpc) is 2.77. The van der Waals surface area contributed by atoms with E-state index in [1.165, 1.54) is 13.0 Å². The standard InChI is InChI=1S/C16H10BrF2NO2/c1-7(21)15-10-5-11(17)13(20)6-14(10)22-16(15)9-3-2-8(18)4-12(9)19/h2-6H,20H2,1H3. The van der Waals surface area contributed by atoms with Crippen LogP contribution in [0, 0.1) is 11.6 Å². The van der Waals surface area contributed by atoms with E-state index < -0.39 is 11.6 Å². The summed E-state index contributed by atoms with van der Waals surface area (Å²) in [7, 11) is 0. The van der Waals surface area contributed by atoms with Crippen molar-refractivity contribution in [3.63, 3.8) is 0 Å². The van der Waals surface area contributed by atoms with Gasteiger partial charge < -0.3 is 10.2 Å². The fourth-order valence-corrected chi connectivity index (χ4v) is 2.69. The first kappa shape index (κ1) is 14.7. The minimum absolute atomic E-state index is 0.0255. The van der Waals surface area contributed by atoms with Crippen molar-refractivity contribution < 1.29 is 18.0 Å². The number of rotatable bonds is 2. The Morgan fingerprint density at radius 2 is 1.95 bits per heavy atom. The molecule has 0 saturated heterocycles. The maximum atomic E-state index is 14.0. The number of halogens is 3. The zero-order valence-electron chi connectivity index (χ0n) is 11.4. The van der Waals surface area contributed by atoms with Crippen LogP contribution in [0.15, 0.2) is 39.2 Å². The Bertz CT molecular complexity index is 918. The fourth-order valence-electron chi connectivity index (χ4n) is 2.35. The van der Waals surface area contributed by atoms with Crippen molar-refractivity contribution in [3.05, 3.63) is 52.0 Å². The molecule has 0 unspecified atom stereocenters. The summed E-state index contributed by atoms with van der Waals surface area (Å²) in [5, 5.41) is 0.521. The van der Waals surface area contributed by atoms with Gasteiger partial charge in [-0.1, -0.05) is 0 Å². The molecule has 2 aromatic carbocycles. The number of carbonyl (C=O) groups is 1. The molecule has 0 radical (unpaired) electrons. The van der Waals surface area contributed by atoms with Crippen molar-refractivity contribution in [1.29, 1.82) is 0 Å². The van der Waals surface area contributed by atoms with Crippen molar-refractivity contribution in [2.75, 3.05) is 5.73 Å². The number of benzene rings is 2. The van der Waals surface area contributed by atoms with Crippen molar-refractivity contribution in [1.82, 2.24) is 0 Å².